The van der Waals surface area contributed by atoms with Gasteiger partial charge in [-0.15, -0.1) is 0 Å². The number of aryl methyl sites for hydroxylation is 2. The van der Waals surface area contributed by atoms with Crippen molar-refractivity contribution in [2.45, 2.75) is 59.0 Å². The molecule has 43 heavy (non-hydrogen) atoms. The van der Waals surface area contributed by atoms with Crippen LogP contribution >= 0.6 is 15.6 Å². The van der Waals surface area contributed by atoms with Gasteiger partial charge in [0.2, 0.25) is 0 Å². The molecule has 0 unspecified atom stereocenters. The van der Waals surface area contributed by atoms with Crippen LogP contribution in [0, 0.1) is 13.8 Å². The van der Waals surface area contributed by atoms with Crippen molar-refractivity contribution in [3.8, 4) is 11.5 Å². The number of nitrogens with two attached hydrogens (primary N) is 2. The Morgan fingerprint density at radius 1 is 0.512 bits per heavy atom. The zero-order chi connectivity index (χ0) is 33.1. The molecule has 0 aliphatic carbocycles. The van der Waals surface area contributed by atoms with Gasteiger partial charge in [0.05, 0.1) is 26.3 Å². The molecule has 0 saturated heterocycles. The number of halogens is 12. The van der Waals surface area contributed by atoms with Crippen LogP contribution in [0.5, 0.6) is 11.5 Å². The summed E-state index contributed by atoms with van der Waals surface area (Å²) in [6.45, 7) is 10.2. The molecule has 254 valence electrons. The van der Waals surface area contributed by atoms with E-state index in [4.69, 9.17) is 9.47 Å². The summed E-state index contributed by atoms with van der Waals surface area (Å²) < 4.78 is 131. The predicted octanol–water partition coefficient (Wildman–Crippen LogP) is 9.62. The Morgan fingerprint density at radius 2 is 0.837 bits per heavy atom. The zero-order valence-corrected chi connectivity index (χ0v) is 25.4. The van der Waals surface area contributed by atoms with Gasteiger partial charge in [-0.2, -0.15) is 0 Å². The van der Waals surface area contributed by atoms with Crippen molar-refractivity contribution in [2.24, 2.45) is 0 Å². The second-order valence-electron chi connectivity index (χ2n) is 10.2. The first-order valence-electron chi connectivity index (χ1n) is 13.3. The van der Waals surface area contributed by atoms with E-state index in [9.17, 15) is 50.4 Å². The molecule has 2 aromatic rings. The van der Waals surface area contributed by atoms with Gasteiger partial charge in [-0.3, -0.25) is 0 Å². The first-order chi connectivity index (χ1) is 19.1. The third kappa shape index (κ3) is 28.5. The summed E-state index contributed by atoms with van der Waals surface area (Å²) in [6, 6.07) is 13.1. The van der Waals surface area contributed by atoms with Crippen molar-refractivity contribution in [2.75, 3.05) is 26.3 Å². The van der Waals surface area contributed by atoms with Crippen molar-refractivity contribution < 1.29 is 70.5 Å². The van der Waals surface area contributed by atoms with Gasteiger partial charge in [0.1, 0.15) is 24.6 Å². The molecule has 0 radical (unpaired) electrons. The van der Waals surface area contributed by atoms with Gasteiger partial charge >= 0.3 is 66.0 Å². The summed E-state index contributed by atoms with van der Waals surface area (Å²) in [6.07, 6.45) is 5.85. The van der Waals surface area contributed by atoms with Crippen molar-refractivity contribution >= 4 is 15.6 Å². The Hall–Kier alpha value is -2.02. The van der Waals surface area contributed by atoms with E-state index in [0.29, 0.717) is 0 Å². The average Bonchev–Trinajstić information content (AvgIpc) is 2.78. The van der Waals surface area contributed by atoms with Crippen LogP contribution in [0.3, 0.4) is 0 Å². The number of hydrogen-bond acceptors (Lipinski definition) is 2. The van der Waals surface area contributed by atoms with Crippen LogP contribution < -0.4 is 20.1 Å². The molecule has 0 saturated carbocycles. The molecule has 1 heterocycles. The summed E-state index contributed by atoms with van der Waals surface area (Å²) in [5, 5.41) is 4.85. The fourth-order valence-electron chi connectivity index (χ4n) is 3.85. The minimum absolute atomic E-state index is 0.744. The van der Waals surface area contributed by atoms with E-state index in [1.807, 2.05) is 0 Å². The Morgan fingerprint density at radius 3 is 1.16 bits per heavy atom. The molecule has 1 aliphatic heterocycles. The number of benzene rings is 2. The van der Waals surface area contributed by atoms with Gasteiger partial charge in [-0.05, 0) is 70.2 Å². The van der Waals surface area contributed by atoms with E-state index in [1.165, 1.54) is 54.6 Å². The van der Waals surface area contributed by atoms with Gasteiger partial charge < -0.3 is 20.1 Å². The Kier molecular flexibility index (Phi) is 12.3. The molecule has 18 heteroatoms. The Labute approximate surface area is 242 Å². The van der Waals surface area contributed by atoms with Gasteiger partial charge in [0.15, 0.2) is 0 Å². The molecule has 4 N–H and O–H groups in total. The van der Waals surface area contributed by atoms with E-state index in [0.717, 1.165) is 50.6 Å². The Balaban J connectivity index is 0.000000548. The van der Waals surface area contributed by atoms with E-state index >= 15 is 0 Å². The van der Waals surface area contributed by atoms with Crippen LogP contribution in [0.1, 0.15) is 54.4 Å². The summed E-state index contributed by atoms with van der Waals surface area (Å²) in [5.41, 5.74) is 5.24. The monoisotopic (exact) mass is 688 g/mol. The second-order valence-corrected chi connectivity index (χ2v) is 14.0. The maximum absolute atomic E-state index is 10.7. The van der Waals surface area contributed by atoms with Gasteiger partial charge in [-0.1, -0.05) is 23.3 Å². The number of fused-ring (bicyclic) bond motifs is 2. The van der Waals surface area contributed by atoms with Crippen molar-refractivity contribution in [3.05, 3.63) is 58.7 Å². The summed E-state index contributed by atoms with van der Waals surface area (Å²) >= 11 is 0. The molecule has 2 aromatic carbocycles. The molecule has 0 fully saturated rings. The van der Waals surface area contributed by atoms with Crippen LogP contribution in [0.25, 0.3) is 0 Å². The number of hydrogen-bond donors (Lipinski definition) is 2. The molecular formula is C25H38F12N2O2P2. The molecule has 0 atom stereocenters. The van der Waals surface area contributed by atoms with E-state index in [-0.39, 0.29) is 0 Å². The average molecular weight is 689 g/mol. The summed E-state index contributed by atoms with van der Waals surface area (Å²) in [7, 11) is -21.3. The normalized spacial score (nSPS) is 19.3. The first kappa shape index (κ1) is 39.0. The van der Waals surface area contributed by atoms with Crippen molar-refractivity contribution in [3.63, 3.8) is 0 Å². The van der Waals surface area contributed by atoms with Crippen LogP contribution in [-0.2, 0) is 13.1 Å². The fraction of sp³-hybridized carbons (Fsp3) is 0.520. The maximum atomic E-state index is 9.87. The molecular weight excluding hydrogens is 650 g/mol. The second kappa shape index (κ2) is 13.5. The zero-order valence-electron chi connectivity index (χ0n) is 23.6. The van der Waals surface area contributed by atoms with E-state index < -0.39 is 15.6 Å². The topological polar surface area (TPSA) is 51.7 Å². The minimum atomic E-state index is -10.7. The van der Waals surface area contributed by atoms with E-state index in [1.54, 1.807) is 0 Å². The van der Waals surface area contributed by atoms with Gasteiger partial charge in [0, 0.05) is 11.1 Å². The number of ether oxygens (including phenoxy) is 2. The van der Waals surface area contributed by atoms with Gasteiger partial charge in [0.25, 0.3) is 0 Å². The van der Waals surface area contributed by atoms with E-state index in [2.05, 4.69) is 60.9 Å². The Bertz CT molecular complexity index is 1060. The molecule has 3 rings (SSSR count). The molecule has 1 aliphatic rings. The van der Waals surface area contributed by atoms with Crippen LogP contribution in [0.4, 0.5) is 50.4 Å². The quantitative estimate of drug-likeness (QED) is 0.214. The standard InChI is InChI=1S/C25H36N2O2.2F6P/c1-20-8-10-24-22(16-20)18-26-12-4-3-5-13-27-19-23-17-21(2)9-11-25(23)29-15-7-6-14-28-24;2*1-7(2,3,4,5)6/h8-11,16-17,26-27H,3-7,12-15,18-19H2,1-2H3;;/q;2*-1/p+2. The number of quaternary nitrogens is 2. The van der Waals surface area contributed by atoms with Crippen molar-refractivity contribution in [1.82, 2.24) is 0 Å². The molecule has 0 bridgehead atoms. The molecule has 0 amide bonds. The SMILES string of the molecule is Cc1ccc2c(c1)C[NH2+]CCCCC[NH2+]Cc1cc(C)ccc1OCCCCO2.F[P-](F)(F)(F)(F)F.F[P-](F)(F)(F)(F)F. The third-order valence-corrected chi connectivity index (χ3v) is 5.53. The summed E-state index contributed by atoms with van der Waals surface area (Å²) in [5.74, 6) is 2.09. The van der Waals surface area contributed by atoms with Crippen LogP contribution in [0.15, 0.2) is 36.4 Å². The van der Waals surface area contributed by atoms with Gasteiger partial charge in [-0.25, -0.2) is 0 Å². The predicted molar refractivity (Wildman–Crippen MR) is 145 cm³/mol. The molecule has 4 nitrogen and oxygen atoms in total. The summed E-state index contributed by atoms with van der Waals surface area (Å²) in [4.78, 5) is 0. The third-order valence-electron chi connectivity index (χ3n) is 5.53. The first-order valence-corrected chi connectivity index (χ1v) is 17.4. The molecule has 0 aromatic heterocycles. The van der Waals surface area contributed by atoms with Crippen molar-refractivity contribution in [1.29, 1.82) is 0 Å². The molecule has 0 spiro atoms. The van der Waals surface area contributed by atoms with Crippen LogP contribution in [0.2, 0.25) is 0 Å². The van der Waals surface area contributed by atoms with Crippen LogP contribution in [-0.4, -0.2) is 26.3 Å². The fourth-order valence-corrected chi connectivity index (χ4v) is 3.85. The number of rotatable bonds is 0.